The molecule has 94 valence electrons. The highest BCUT2D eigenvalue weighted by Crippen LogP contribution is 2.38. The Bertz CT molecular complexity index is 211. The van der Waals surface area contributed by atoms with Gasteiger partial charge >= 0.3 is 0 Å². The van der Waals surface area contributed by atoms with Crippen LogP contribution in [-0.4, -0.2) is 19.5 Å². The van der Waals surface area contributed by atoms with Gasteiger partial charge in [-0.05, 0) is 31.1 Å². The van der Waals surface area contributed by atoms with Crippen LogP contribution in [-0.2, 0) is 9.53 Å². The largest absolute Gasteiger partial charge is 0.384 e. The molecule has 1 aliphatic rings. The van der Waals surface area contributed by atoms with Crippen LogP contribution in [0.4, 0.5) is 0 Å². The van der Waals surface area contributed by atoms with Gasteiger partial charge in [0.2, 0.25) is 0 Å². The van der Waals surface area contributed by atoms with E-state index in [2.05, 4.69) is 13.8 Å². The Morgan fingerprint density at radius 2 is 2.06 bits per heavy atom. The highest BCUT2D eigenvalue weighted by molar-refractivity contribution is 5.81. The highest BCUT2D eigenvalue weighted by atomic mass is 16.5. The van der Waals surface area contributed by atoms with Crippen molar-refractivity contribution in [2.75, 3.05) is 13.7 Å². The molecule has 0 bridgehead atoms. The Morgan fingerprint density at radius 1 is 1.31 bits per heavy atom. The van der Waals surface area contributed by atoms with Gasteiger partial charge in [-0.1, -0.05) is 26.7 Å². The number of methoxy groups -OCH3 is 1. The molecule has 0 spiro atoms. The monoisotopic (exact) mass is 226 g/mol. The van der Waals surface area contributed by atoms with E-state index in [1.807, 2.05) is 0 Å². The van der Waals surface area contributed by atoms with Gasteiger partial charge in [-0.25, -0.2) is 0 Å². The molecule has 0 aromatic heterocycles. The third kappa shape index (κ3) is 3.58. The zero-order valence-electron chi connectivity index (χ0n) is 11.0. The van der Waals surface area contributed by atoms with Crippen LogP contribution in [0, 0.1) is 17.8 Å². The van der Waals surface area contributed by atoms with Gasteiger partial charge in [0.05, 0.1) is 0 Å². The number of Topliss-reactive ketones (excluding diaryl/α,β-unsaturated/α-hetero) is 1. The van der Waals surface area contributed by atoms with E-state index in [9.17, 15) is 4.79 Å². The fourth-order valence-corrected chi connectivity index (χ4v) is 3.00. The van der Waals surface area contributed by atoms with Crippen molar-refractivity contribution in [1.82, 2.24) is 0 Å². The molecule has 1 rings (SSSR count). The second-order valence-corrected chi connectivity index (χ2v) is 5.22. The molecule has 0 saturated heterocycles. The summed E-state index contributed by atoms with van der Waals surface area (Å²) in [5, 5.41) is 0. The molecular weight excluding hydrogens is 200 g/mol. The summed E-state index contributed by atoms with van der Waals surface area (Å²) in [6, 6.07) is 0. The summed E-state index contributed by atoms with van der Waals surface area (Å²) in [6.07, 6.45) is 6.58. The minimum Gasteiger partial charge on any atom is -0.384 e. The molecule has 3 unspecified atom stereocenters. The molecule has 2 heteroatoms. The van der Waals surface area contributed by atoms with E-state index in [4.69, 9.17) is 4.74 Å². The molecule has 1 saturated carbocycles. The molecule has 1 fully saturated rings. The van der Waals surface area contributed by atoms with Crippen molar-refractivity contribution >= 4 is 5.78 Å². The molecule has 0 amide bonds. The van der Waals surface area contributed by atoms with Gasteiger partial charge < -0.3 is 4.74 Å². The molecule has 2 nitrogen and oxygen atoms in total. The normalized spacial score (nSPS) is 29.6. The van der Waals surface area contributed by atoms with Gasteiger partial charge in [0, 0.05) is 26.1 Å². The molecule has 0 aromatic carbocycles. The van der Waals surface area contributed by atoms with E-state index in [1.165, 1.54) is 25.7 Å². The molecule has 1 aliphatic carbocycles. The summed E-state index contributed by atoms with van der Waals surface area (Å²) >= 11 is 0. The second-order valence-electron chi connectivity index (χ2n) is 5.22. The average molecular weight is 226 g/mol. The van der Waals surface area contributed by atoms with Crippen molar-refractivity contribution in [2.24, 2.45) is 17.8 Å². The number of hydrogen-bond donors (Lipinski definition) is 0. The van der Waals surface area contributed by atoms with E-state index >= 15 is 0 Å². The number of ketones is 1. The summed E-state index contributed by atoms with van der Waals surface area (Å²) in [5.74, 6) is 1.81. The van der Waals surface area contributed by atoms with Crippen LogP contribution in [0.3, 0.4) is 0 Å². The van der Waals surface area contributed by atoms with E-state index in [0.29, 0.717) is 17.6 Å². The minimum atomic E-state index is 0.275. The lowest BCUT2D eigenvalue weighted by atomic mass is 9.85. The van der Waals surface area contributed by atoms with Gasteiger partial charge in [0.1, 0.15) is 5.78 Å². The number of ether oxygens (including phenoxy) is 1. The SMILES string of the molecule is CCCCCC(=O)C1C(C)CCC1COC. The summed E-state index contributed by atoms with van der Waals surface area (Å²) < 4.78 is 5.23. The maximum absolute atomic E-state index is 12.2. The van der Waals surface area contributed by atoms with Crippen LogP contribution in [0.25, 0.3) is 0 Å². The lowest BCUT2D eigenvalue weighted by Crippen LogP contribution is -2.26. The van der Waals surface area contributed by atoms with Crippen molar-refractivity contribution in [3.8, 4) is 0 Å². The maximum atomic E-state index is 12.2. The number of carbonyl (C=O) groups excluding carboxylic acids is 1. The molecular formula is C14H26O2. The summed E-state index contributed by atoms with van der Waals surface area (Å²) in [4.78, 5) is 12.2. The molecule has 0 N–H and O–H groups in total. The van der Waals surface area contributed by atoms with Crippen LogP contribution < -0.4 is 0 Å². The van der Waals surface area contributed by atoms with Gasteiger partial charge in [0.25, 0.3) is 0 Å². The van der Waals surface area contributed by atoms with Crippen LogP contribution in [0.15, 0.2) is 0 Å². The fourth-order valence-electron chi connectivity index (χ4n) is 3.00. The lowest BCUT2D eigenvalue weighted by Gasteiger charge is -2.21. The van der Waals surface area contributed by atoms with Gasteiger partial charge in [-0.15, -0.1) is 0 Å². The summed E-state index contributed by atoms with van der Waals surface area (Å²) in [5.41, 5.74) is 0. The Labute approximate surface area is 99.8 Å². The first kappa shape index (κ1) is 13.7. The first-order chi connectivity index (χ1) is 7.70. The van der Waals surface area contributed by atoms with Crippen molar-refractivity contribution < 1.29 is 9.53 Å². The molecule has 0 aliphatic heterocycles. The van der Waals surface area contributed by atoms with E-state index in [-0.39, 0.29) is 5.92 Å². The number of carbonyl (C=O) groups is 1. The summed E-state index contributed by atoms with van der Waals surface area (Å²) in [7, 11) is 1.74. The van der Waals surface area contributed by atoms with Crippen molar-refractivity contribution in [3.63, 3.8) is 0 Å². The van der Waals surface area contributed by atoms with E-state index in [1.54, 1.807) is 7.11 Å². The molecule has 0 heterocycles. The third-order valence-corrected chi connectivity index (χ3v) is 3.89. The number of unbranched alkanes of at least 4 members (excludes halogenated alkanes) is 2. The predicted molar refractivity (Wildman–Crippen MR) is 66.4 cm³/mol. The second kappa shape index (κ2) is 7.05. The molecule has 16 heavy (non-hydrogen) atoms. The standard InChI is InChI=1S/C14H26O2/c1-4-5-6-7-13(15)14-11(2)8-9-12(14)10-16-3/h11-12,14H,4-10H2,1-3H3. The number of rotatable bonds is 7. The Hall–Kier alpha value is -0.370. The number of hydrogen-bond acceptors (Lipinski definition) is 2. The van der Waals surface area contributed by atoms with Crippen LogP contribution >= 0.6 is 0 Å². The third-order valence-electron chi connectivity index (χ3n) is 3.89. The minimum absolute atomic E-state index is 0.275. The molecule has 0 aromatic rings. The van der Waals surface area contributed by atoms with E-state index in [0.717, 1.165) is 19.4 Å². The highest BCUT2D eigenvalue weighted by Gasteiger charge is 2.37. The van der Waals surface area contributed by atoms with Gasteiger partial charge in [-0.2, -0.15) is 0 Å². The first-order valence-corrected chi connectivity index (χ1v) is 6.72. The fraction of sp³-hybridized carbons (Fsp3) is 0.929. The lowest BCUT2D eigenvalue weighted by molar-refractivity contribution is -0.125. The smallest absolute Gasteiger partial charge is 0.136 e. The van der Waals surface area contributed by atoms with Crippen LogP contribution in [0.1, 0.15) is 52.4 Å². The Kier molecular flexibility index (Phi) is 6.04. The maximum Gasteiger partial charge on any atom is 0.136 e. The zero-order valence-corrected chi connectivity index (χ0v) is 11.0. The summed E-state index contributed by atoms with van der Waals surface area (Å²) in [6.45, 7) is 5.16. The van der Waals surface area contributed by atoms with Crippen molar-refractivity contribution in [1.29, 1.82) is 0 Å². The topological polar surface area (TPSA) is 26.3 Å². The zero-order chi connectivity index (χ0) is 12.0. The first-order valence-electron chi connectivity index (χ1n) is 6.72. The predicted octanol–water partition coefficient (Wildman–Crippen LogP) is 3.44. The van der Waals surface area contributed by atoms with Crippen molar-refractivity contribution in [2.45, 2.75) is 52.4 Å². The van der Waals surface area contributed by atoms with Crippen LogP contribution in [0.5, 0.6) is 0 Å². The van der Waals surface area contributed by atoms with Gasteiger partial charge in [-0.3, -0.25) is 4.79 Å². The van der Waals surface area contributed by atoms with E-state index < -0.39 is 0 Å². The average Bonchev–Trinajstić information content (AvgIpc) is 2.61. The molecule has 0 radical (unpaired) electrons. The van der Waals surface area contributed by atoms with Gasteiger partial charge in [0.15, 0.2) is 0 Å². The Morgan fingerprint density at radius 3 is 2.69 bits per heavy atom. The molecule has 3 atom stereocenters. The van der Waals surface area contributed by atoms with Crippen LogP contribution in [0.2, 0.25) is 0 Å². The van der Waals surface area contributed by atoms with Crippen molar-refractivity contribution in [3.05, 3.63) is 0 Å². The Balaban J connectivity index is 2.43. The quantitative estimate of drug-likeness (QED) is 0.622.